The van der Waals surface area contributed by atoms with Crippen LogP contribution in [0.1, 0.15) is 26.5 Å². The first kappa shape index (κ1) is 12.8. The van der Waals surface area contributed by atoms with Crippen LogP contribution in [0.25, 0.3) is 11.3 Å². The average Bonchev–Trinajstić information content (AvgIpc) is 2.84. The molecule has 4 heteroatoms. The molecule has 2 aromatic rings. The Balaban J connectivity index is 2.47. The van der Waals surface area contributed by atoms with Crippen LogP contribution in [0.2, 0.25) is 0 Å². The first-order chi connectivity index (χ1) is 8.54. The number of methoxy groups -OCH3 is 1. The predicted octanol–water partition coefficient (Wildman–Crippen LogP) is 3.52. The second-order valence-electron chi connectivity index (χ2n) is 4.21. The molecule has 0 saturated heterocycles. The highest BCUT2D eigenvalue weighted by Gasteiger charge is 2.14. The van der Waals surface area contributed by atoms with Crippen molar-refractivity contribution in [3.63, 3.8) is 0 Å². The van der Waals surface area contributed by atoms with Crippen LogP contribution < -0.4 is 0 Å². The Morgan fingerprint density at radius 2 is 1.94 bits per heavy atom. The quantitative estimate of drug-likeness (QED) is 0.776. The molecule has 0 radical (unpaired) electrons. The number of aryl methyl sites for hydroxylation is 1. The van der Waals surface area contributed by atoms with Crippen molar-refractivity contribution in [1.82, 2.24) is 4.98 Å². The van der Waals surface area contributed by atoms with Crippen LogP contribution in [-0.2, 0) is 4.74 Å². The Labute approximate surface area is 110 Å². The van der Waals surface area contributed by atoms with Gasteiger partial charge in [-0.25, -0.2) is 9.78 Å². The van der Waals surface area contributed by atoms with Gasteiger partial charge in [-0.05, 0) is 37.5 Å². The van der Waals surface area contributed by atoms with Crippen molar-refractivity contribution in [1.29, 1.82) is 0 Å². The molecule has 1 aromatic heterocycles. The third-order valence-corrected chi connectivity index (χ3v) is 4.02. The van der Waals surface area contributed by atoms with Gasteiger partial charge in [-0.1, -0.05) is 12.1 Å². The van der Waals surface area contributed by atoms with E-state index in [2.05, 4.69) is 36.6 Å². The van der Waals surface area contributed by atoms with Gasteiger partial charge in [-0.15, -0.1) is 11.3 Å². The summed E-state index contributed by atoms with van der Waals surface area (Å²) in [5.74, 6) is -0.382. The van der Waals surface area contributed by atoms with Crippen molar-refractivity contribution in [2.24, 2.45) is 0 Å². The molecule has 0 amide bonds. The van der Waals surface area contributed by atoms with Crippen LogP contribution in [0.3, 0.4) is 0 Å². The number of benzene rings is 1. The number of ether oxygens (including phenoxy) is 1. The molecule has 0 bridgehead atoms. The van der Waals surface area contributed by atoms with Gasteiger partial charge in [-0.3, -0.25) is 0 Å². The van der Waals surface area contributed by atoms with Gasteiger partial charge < -0.3 is 4.74 Å². The van der Waals surface area contributed by atoms with Gasteiger partial charge in [0.25, 0.3) is 0 Å². The Morgan fingerprint density at radius 1 is 1.22 bits per heavy atom. The molecule has 0 saturated carbocycles. The number of esters is 1. The lowest BCUT2D eigenvalue weighted by atomic mass is 9.97. The van der Waals surface area contributed by atoms with Gasteiger partial charge in [0, 0.05) is 10.9 Å². The van der Waals surface area contributed by atoms with Gasteiger partial charge in [0.1, 0.15) is 0 Å². The van der Waals surface area contributed by atoms with Gasteiger partial charge in [0.2, 0.25) is 5.01 Å². The van der Waals surface area contributed by atoms with Crippen LogP contribution in [0.5, 0.6) is 0 Å². The molecule has 0 atom stereocenters. The number of hydrogen-bond donors (Lipinski definition) is 0. The summed E-state index contributed by atoms with van der Waals surface area (Å²) in [7, 11) is 1.37. The second kappa shape index (κ2) is 4.90. The largest absolute Gasteiger partial charge is 0.464 e. The van der Waals surface area contributed by atoms with Crippen molar-refractivity contribution in [3.05, 3.63) is 39.2 Å². The highest BCUT2D eigenvalue weighted by atomic mass is 32.1. The number of thiazole rings is 1. The van der Waals surface area contributed by atoms with Gasteiger partial charge in [0.05, 0.1) is 12.8 Å². The fourth-order valence-corrected chi connectivity index (χ4v) is 2.55. The number of rotatable bonds is 2. The Morgan fingerprint density at radius 3 is 2.61 bits per heavy atom. The monoisotopic (exact) mass is 261 g/mol. The van der Waals surface area contributed by atoms with Gasteiger partial charge >= 0.3 is 5.97 Å². The standard InChI is InChI=1S/C14H15NO2S/c1-8-5-6-11(10(3)9(8)2)12-7-18-13(15-12)14(16)17-4/h5-7H,1-4H3. The number of carbonyl (C=O) groups excluding carboxylic acids is 1. The van der Waals surface area contributed by atoms with Crippen LogP contribution in [0.15, 0.2) is 17.5 Å². The SMILES string of the molecule is COC(=O)c1nc(-c2ccc(C)c(C)c2C)cs1. The normalized spacial score (nSPS) is 10.4. The molecule has 0 aliphatic carbocycles. The van der Waals surface area contributed by atoms with Crippen LogP contribution in [-0.4, -0.2) is 18.1 Å². The van der Waals surface area contributed by atoms with Crippen molar-refractivity contribution in [3.8, 4) is 11.3 Å². The van der Waals surface area contributed by atoms with Gasteiger partial charge in [-0.2, -0.15) is 0 Å². The number of hydrogen-bond acceptors (Lipinski definition) is 4. The van der Waals surface area contributed by atoms with E-state index in [0.29, 0.717) is 5.01 Å². The summed E-state index contributed by atoms with van der Waals surface area (Å²) in [5.41, 5.74) is 5.64. The third kappa shape index (κ3) is 2.16. The Kier molecular flexibility index (Phi) is 3.48. The van der Waals surface area contributed by atoms with Crippen molar-refractivity contribution < 1.29 is 9.53 Å². The van der Waals surface area contributed by atoms with Crippen LogP contribution in [0, 0.1) is 20.8 Å². The highest BCUT2D eigenvalue weighted by molar-refractivity contribution is 7.11. The minimum atomic E-state index is -0.382. The van der Waals surface area contributed by atoms with Gasteiger partial charge in [0.15, 0.2) is 0 Å². The molecule has 0 unspecified atom stereocenters. The van der Waals surface area contributed by atoms with E-state index in [9.17, 15) is 4.79 Å². The number of carbonyl (C=O) groups is 1. The zero-order valence-corrected chi connectivity index (χ0v) is 11.7. The molecule has 1 aromatic carbocycles. The zero-order valence-electron chi connectivity index (χ0n) is 10.9. The summed E-state index contributed by atoms with van der Waals surface area (Å²) in [5, 5.41) is 2.29. The summed E-state index contributed by atoms with van der Waals surface area (Å²) in [6.45, 7) is 6.27. The zero-order chi connectivity index (χ0) is 13.3. The summed E-state index contributed by atoms with van der Waals surface area (Å²) >= 11 is 1.31. The molecule has 0 spiro atoms. The third-order valence-electron chi connectivity index (χ3n) is 3.20. The topological polar surface area (TPSA) is 39.2 Å². The lowest BCUT2D eigenvalue weighted by Crippen LogP contribution is -2.00. The fraction of sp³-hybridized carbons (Fsp3) is 0.286. The van der Waals surface area contributed by atoms with E-state index in [1.165, 1.54) is 35.1 Å². The molecule has 0 N–H and O–H groups in total. The maximum absolute atomic E-state index is 11.4. The van der Waals surface area contributed by atoms with E-state index < -0.39 is 0 Å². The molecule has 0 fully saturated rings. The molecule has 1 heterocycles. The smallest absolute Gasteiger partial charge is 0.367 e. The maximum atomic E-state index is 11.4. The predicted molar refractivity (Wildman–Crippen MR) is 73.1 cm³/mol. The highest BCUT2D eigenvalue weighted by Crippen LogP contribution is 2.28. The van der Waals surface area contributed by atoms with Crippen LogP contribution in [0.4, 0.5) is 0 Å². The van der Waals surface area contributed by atoms with E-state index in [0.717, 1.165) is 11.3 Å². The molecule has 94 valence electrons. The number of aromatic nitrogens is 1. The van der Waals surface area contributed by atoms with Crippen molar-refractivity contribution in [2.75, 3.05) is 7.11 Å². The van der Waals surface area contributed by atoms with E-state index in [1.807, 2.05) is 11.4 Å². The van der Waals surface area contributed by atoms with Crippen molar-refractivity contribution >= 4 is 17.3 Å². The fourth-order valence-electron chi connectivity index (χ4n) is 1.81. The van der Waals surface area contributed by atoms with Crippen LogP contribution >= 0.6 is 11.3 Å². The summed E-state index contributed by atoms with van der Waals surface area (Å²) in [4.78, 5) is 15.7. The Bertz CT molecular complexity index is 602. The minimum Gasteiger partial charge on any atom is -0.464 e. The molecule has 3 nitrogen and oxygen atoms in total. The lowest BCUT2D eigenvalue weighted by Gasteiger charge is -2.09. The van der Waals surface area contributed by atoms with E-state index in [-0.39, 0.29) is 5.97 Å². The van der Waals surface area contributed by atoms with E-state index in [4.69, 9.17) is 0 Å². The molecule has 0 aliphatic rings. The molecule has 0 aliphatic heterocycles. The molecule has 2 rings (SSSR count). The molecular formula is C14H15NO2S. The van der Waals surface area contributed by atoms with E-state index >= 15 is 0 Å². The van der Waals surface area contributed by atoms with Crippen molar-refractivity contribution in [2.45, 2.75) is 20.8 Å². The summed E-state index contributed by atoms with van der Waals surface area (Å²) < 4.78 is 4.67. The first-order valence-corrected chi connectivity index (χ1v) is 6.53. The maximum Gasteiger partial charge on any atom is 0.367 e. The average molecular weight is 261 g/mol. The summed E-state index contributed by atoms with van der Waals surface area (Å²) in [6, 6.07) is 4.13. The number of nitrogens with zero attached hydrogens (tertiary/aromatic N) is 1. The lowest BCUT2D eigenvalue weighted by molar-refractivity contribution is 0.0600. The second-order valence-corrected chi connectivity index (χ2v) is 5.07. The summed E-state index contributed by atoms with van der Waals surface area (Å²) in [6.07, 6.45) is 0. The first-order valence-electron chi connectivity index (χ1n) is 5.65. The Hall–Kier alpha value is -1.68. The minimum absolute atomic E-state index is 0.382. The molecule has 18 heavy (non-hydrogen) atoms. The van der Waals surface area contributed by atoms with E-state index in [1.54, 1.807) is 0 Å². The molecular weight excluding hydrogens is 246 g/mol.